The third-order valence-corrected chi connectivity index (χ3v) is 4.21. The summed E-state index contributed by atoms with van der Waals surface area (Å²) in [5.74, 6) is -1.33. The predicted molar refractivity (Wildman–Crippen MR) is 74.7 cm³/mol. The Balaban J connectivity index is 2.04. The van der Waals surface area contributed by atoms with E-state index < -0.39 is 11.9 Å². The molecule has 0 aliphatic carbocycles. The Morgan fingerprint density at radius 3 is 2.68 bits per heavy atom. The van der Waals surface area contributed by atoms with Crippen LogP contribution in [0, 0.1) is 11.8 Å². The first-order valence-electron chi connectivity index (χ1n) is 5.97. The highest BCUT2D eigenvalue weighted by molar-refractivity contribution is 9.10. The number of likely N-dealkylation sites (tertiary alicyclic amines) is 1. The van der Waals surface area contributed by atoms with Gasteiger partial charge in [-0.25, -0.2) is 0 Å². The van der Waals surface area contributed by atoms with Gasteiger partial charge >= 0.3 is 5.97 Å². The number of aliphatic carboxylic acids is 1. The molecule has 0 saturated carbocycles. The third-order valence-electron chi connectivity index (χ3n) is 3.51. The first-order valence-corrected chi connectivity index (χ1v) is 6.76. The fourth-order valence-corrected chi connectivity index (χ4v) is 2.49. The van der Waals surface area contributed by atoms with Crippen LogP contribution in [-0.2, 0) is 4.79 Å². The van der Waals surface area contributed by atoms with Crippen LogP contribution in [0.2, 0.25) is 0 Å². The third kappa shape index (κ3) is 2.73. The monoisotopic (exact) mass is 326 g/mol. The van der Waals surface area contributed by atoms with Crippen molar-refractivity contribution in [2.24, 2.45) is 11.8 Å². The van der Waals surface area contributed by atoms with Crippen LogP contribution in [0.4, 0.5) is 5.69 Å². The van der Waals surface area contributed by atoms with E-state index in [0.717, 1.165) is 0 Å². The van der Waals surface area contributed by atoms with Crippen LogP contribution in [0.15, 0.2) is 22.7 Å². The number of hydrogen-bond donors (Lipinski definition) is 2. The molecule has 1 aliphatic heterocycles. The average Bonchev–Trinajstić information content (AvgIpc) is 2.29. The van der Waals surface area contributed by atoms with Crippen LogP contribution < -0.4 is 5.73 Å². The molecule has 1 aromatic rings. The van der Waals surface area contributed by atoms with Gasteiger partial charge in [0.1, 0.15) is 0 Å². The van der Waals surface area contributed by atoms with Gasteiger partial charge in [0.05, 0.1) is 11.5 Å². The van der Waals surface area contributed by atoms with Crippen molar-refractivity contribution in [1.82, 2.24) is 4.90 Å². The molecule has 0 bridgehead atoms. The van der Waals surface area contributed by atoms with Crippen LogP contribution >= 0.6 is 15.9 Å². The number of carbonyl (C=O) groups excluding carboxylic acids is 1. The average molecular weight is 327 g/mol. The van der Waals surface area contributed by atoms with Gasteiger partial charge in [-0.15, -0.1) is 0 Å². The zero-order valence-electron chi connectivity index (χ0n) is 10.5. The summed E-state index contributed by atoms with van der Waals surface area (Å²) in [6.45, 7) is 2.63. The number of hydrogen-bond acceptors (Lipinski definition) is 3. The van der Waals surface area contributed by atoms with Gasteiger partial charge in [0, 0.05) is 29.2 Å². The van der Waals surface area contributed by atoms with Crippen LogP contribution in [0.3, 0.4) is 0 Å². The van der Waals surface area contributed by atoms with E-state index in [0.29, 0.717) is 28.8 Å². The summed E-state index contributed by atoms with van der Waals surface area (Å²) in [6.07, 6.45) is 0. The number of halogens is 1. The normalized spacial score (nSPS) is 16.8. The number of amides is 1. The highest BCUT2D eigenvalue weighted by Crippen LogP contribution is 2.28. The molecule has 0 aromatic heterocycles. The fraction of sp³-hybridized carbons (Fsp3) is 0.385. The van der Waals surface area contributed by atoms with E-state index in [1.165, 1.54) is 0 Å². The van der Waals surface area contributed by atoms with E-state index in [4.69, 9.17) is 10.8 Å². The molecule has 1 fully saturated rings. The van der Waals surface area contributed by atoms with Gasteiger partial charge in [0.25, 0.3) is 5.91 Å². The molecule has 0 radical (unpaired) electrons. The van der Waals surface area contributed by atoms with Crippen molar-refractivity contribution in [2.75, 3.05) is 18.8 Å². The van der Waals surface area contributed by atoms with Crippen molar-refractivity contribution in [1.29, 1.82) is 0 Å². The first-order chi connectivity index (χ1) is 8.90. The van der Waals surface area contributed by atoms with Gasteiger partial charge in [-0.1, -0.05) is 6.92 Å². The lowest BCUT2D eigenvalue weighted by Crippen LogP contribution is -2.53. The highest BCUT2D eigenvalue weighted by Gasteiger charge is 2.37. The molecule has 1 amide bonds. The van der Waals surface area contributed by atoms with E-state index in [1.54, 1.807) is 30.0 Å². The molecule has 1 saturated heterocycles. The topological polar surface area (TPSA) is 83.6 Å². The van der Waals surface area contributed by atoms with E-state index in [9.17, 15) is 9.59 Å². The SMILES string of the molecule is CC(C(=O)O)C1CN(C(=O)c2cc(N)ccc2Br)C1. The molecule has 0 spiro atoms. The Kier molecular flexibility index (Phi) is 3.80. The number of carboxylic acids is 1. The van der Waals surface area contributed by atoms with E-state index in [1.807, 2.05) is 0 Å². The molecular weight excluding hydrogens is 312 g/mol. The zero-order chi connectivity index (χ0) is 14.2. The fourth-order valence-electron chi connectivity index (χ4n) is 2.07. The number of nitrogens with zero attached hydrogens (tertiary/aromatic N) is 1. The molecular formula is C13H15BrN2O3. The highest BCUT2D eigenvalue weighted by atomic mass is 79.9. The van der Waals surface area contributed by atoms with Crippen LogP contribution in [0.25, 0.3) is 0 Å². The Bertz CT molecular complexity index is 527. The molecule has 19 heavy (non-hydrogen) atoms. The smallest absolute Gasteiger partial charge is 0.306 e. The lowest BCUT2D eigenvalue weighted by atomic mass is 9.86. The molecule has 2 rings (SSSR count). The summed E-state index contributed by atoms with van der Waals surface area (Å²) in [5, 5.41) is 8.91. The summed E-state index contributed by atoms with van der Waals surface area (Å²) in [4.78, 5) is 24.7. The lowest BCUT2D eigenvalue weighted by Gasteiger charge is -2.41. The number of carbonyl (C=O) groups is 2. The second-order valence-electron chi connectivity index (χ2n) is 4.84. The van der Waals surface area contributed by atoms with E-state index in [2.05, 4.69) is 15.9 Å². The lowest BCUT2D eigenvalue weighted by molar-refractivity contribution is -0.144. The molecule has 5 nitrogen and oxygen atoms in total. The van der Waals surface area contributed by atoms with Crippen molar-refractivity contribution in [3.8, 4) is 0 Å². The quantitative estimate of drug-likeness (QED) is 0.830. The molecule has 1 aliphatic rings. The number of carboxylic acid groups (broad SMARTS) is 1. The van der Waals surface area contributed by atoms with Crippen molar-refractivity contribution in [3.05, 3.63) is 28.2 Å². The van der Waals surface area contributed by atoms with E-state index in [-0.39, 0.29) is 11.8 Å². The Labute approximate surface area is 119 Å². The molecule has 102 valence electrons. The Morgan fingerprint density at radius 1 is 1.47 bits per heavy atom. The second kappa shape index (κ2) is 5.21. The first kappa shape index (κ1) is 13.9. The van der Waals surface area contributed by atoms with Crippen molar-refractivity contribution in [2.45, 2.75) is 6.92 Å². The summed E-state index contributed by atoms with van der Waals surface area (Å²) in [5.41, 5.74) is 6.72. The zero-order valence-corrected chi connectivity index (χ0v) is 12.1. The van der Waals surface area contributed by atoms with Crippen molar-refractivity contribution >= 4 is 33.5 Å². The predicted octanol–water partition coefficient (Wildman–Crippen LogP) is 1.82. The van der Waals surface area contributed by atoms with Gasteiger partial charge < -0.3 is 15.7 Å². The van der Waals surface area contributed by atoms with Gasteiger partial charge in [0.2, 0.25) is 0 Å². The summed E-state index contributed by atoms with van der Waals surface area (Å²) in [7, 11) is 0. The minimum absolute atomic E-state index is 0.0290. The molecule has 1 unspecified atom stereocenters. The van der Waals surface area contributed by atoms with Crippen molar-refractivity contribution in [3.63, 3.8) is 0 Å². The summed E-state index contributed by atoms with van der Waals surface area (Å²) in [6, 6.07) is 5.08. The maximum absolute atomic E-state index is 12.2. The number of benzene rings is 1. The molecule has 3 N–H and O–H groups in total. The summed E-state index contributed by atoms with van der Waals surface area (Å²) < 4.78 is 0.696. The minimum atomic E-state index is -0.817. The largest absolute Gasteiger partial charge is 0.481 e. The van der Waals surface area contributed by atoms with Crippen molar-refractivity contribution < 1.29 is 14.7 Å². The maximum atomic E-state index is 12.2. The number of nitrogen functional groups attached to an aromatic ring is 1. The summed E-state index contributed by atoms with van der Waals surface area (Å²) >= 11 is 3.32. The van der Waals surface area contributed by atoms with Gasteiger partial charge in [-0.05, 0) is 34.1 Å². The molecule has 1 aromatic carbocycles. The van der Waals surface area contributed by atoms with Gasteiger partial charge in [0.15, 0.2) is 0 Å². The Hall–Kier alpha value is -1.56. The molecule has 1 atom stereocenters. The molecule has 1 heterocycles. The van der Waals surface area contributed by atoms with Crippen LogP contribution in [0.5, 0.6) is 0 Å². The van der Waals surface area contributed by atoms with Crippen LogP contribution in [0.1, 0.15) is 17.3 Å². The molecule has 6 heteroatoms. The second-order valence-corrected chi connectivity index (χ2v) is 5.69. The van der Waals surface area contributed by atoms with E-state index >= 15 is 0 Å². The van der Waals surface area contributed by atoms with Gasteiger partial charge in [-0.2, -0.15) is 0 Å². The maximum Gasteiger partial charge on any atom is 0.306 e. The minimum Gasteiger partial charge on any atom is -0.481 e. The Morgan fingerprint density at radius 2 is 2.11 bits per heavy atom. The number of anilines is 1. The number of nitrogens with two attached hydrogens (primary N) is 1. The standard InChI is InChI=1S/C13H15BrN2O3/c1-7(13(18)19)8-5-16(6-8)12(17)10-4-9(15)2-3-11(10)14/h2-4,7-8H,5-6,15H2,1H3,(H,18,19). The van der Waals surface area contributed by atoms with Crippen LogP contribution in [-0.4, -0.2) is 35.0 Å². The number of rotatable bonds is 3. The van der Waals surface area contributed by atoms with Gasteiger partial charge in [-0.3, -0.25) is 9.59 Å².